The summed E-state index contributed by atoms with van der Waals surface area (Å²) in [5.41, 5.74) is 0. The van der Waals surface area contributed by atoms with Gasteiger partial charge in [0.15, 0.2) is 0 Å². The Morgan fingerprint density at radius 3 is 2.33 bits per heavy atom. The maximum absolute atomic E-state index is 10.9. The molecule has 0 spiro atoms. The fourth-order valence-electron chi connectivity index (χ4n) is 1.37. The van der Waals surface area contributed by atoms with Gasteiger partial charge >= 0.3 is 6.09 Å². The van der Waals surface area contributed by atoms with Gasteiger partial charge in [0.25, 0.3) is 0 Å². The Hall–Kier alpha value is -0.150. The summed E-state index contributed by atoms with van der Waals surface area (Å²) >= 11 is 10.3. The number of amides is 1. The van der Waals surface area contributed by atoms with E-state index in [0.717, 1.165) is 25.7 Å². The fraction of sp³-hybridized carbons (Fsp3) is 0.857. The van der Waals surface area contributed by atoms with Crippen molar-refractivity contribution in [3.05, 3.63) is 0 Å². The molecular weight excluding hydrogens is 201 g/mol. The van der Waals surface area contributed by atoms with Gasteiger partial charge in [0.05, 0.1) is 0 Å². The lowest BCUT2D eigenvalue weighted by atomic mass is 9.98. The highest BCUT2D eigenvalue weighted by molar-refractivity contribution is 6.40. The third kappa shape index (κ3) is 3.07. The predicted octanol–water partition coefficient (Wildman–Crippen LogP) is 3.07. The van der Waals surface area contributed by atoms with Gasteiger partial charge in [-0.2, -0.15) is 0 Å². The maximum Gasteiger partial charge on any atom is 0.440 e. The molecule has 0 unspecified atom stereocenters. The van der Waals surface area contributed by atoms with E-state index in [1.807, 2.05) is 0 Å². The Morgan fingerprint density at radius 1 is 1.25 bits per heavy atom. The van der Waals surface area contributed by atoms with Crippen LogP contribution in [0.1, 0.15) is 32.1 Å². The highest BCUT2D eigenvalue weighted by Gasteiger charge is 2.19. The first-order valence-electron chi connectivity index (χ1n) is 4.02. The Kier molecular flexibility index (Phi) is 3.95. The second-order valence-electron chi connectivity index (χ2n) is 2.88. The highest BCUT2D eigenvalue weighted by atomic mass is 35.5. The zero-order valence-electron chi connectivity index (χ0n) is 6.63. The van der Waals surface area contributed by atoms with E-state index in [1.54, 1.807) is 0 Å². The first-order chi connectivity index (χ1) is 5.70. The van der Waals surface area contributed by atoms with Crippen LogP contribution in [0.2, 0.25) is 0 Å². The van der Waals surface area contributed by atoms with Crippen LogP contribution in [0.5, 0.6) is 0 Å². The number of halogens is 2. The third-order valence-corrected chi connectivity index (χ3v) is 2.23. The largest absolute Gasteiger partial charge is 0.444 e. The van der Waals surface area contributed by atoms with E-state index in [0.29, 0.717) is 3.94 Å². The van der Waals surface area contributed by atoms with Gasteiger partial charge in [-0.1, -0.05) is 6.42 Å². The molecule has 1 aliphatic rings. The monoisotopic (exact) mass is 211 g/mol. The molecule has 0 bridgehead atoms. The first kappa shape index (κ1) is 9.93. The zero-order valence-corrected chi connectivity index (χ0v) is 8.14. The van der Waals surface area contributed by atoms with Crippen LogP contribution in [-0.4, -0.2) is 16.1 Å². The summed E-state index contributed by atoms with van der Waals surface area (Å²) in [4.78, 5) is 10.9. The van der Waals surface area contributed by atoms with Gasteiger partial charge in [-0.25, -0.2) is 4.79 Å². The van der Waals surface area contributed by atoms with Gasteiger partial charge < -0.3 is 4.74 Å². The lowest BCUT2D eigenvalue weighted by Crippen LogP contribution is -2.24. The lowest BCUT2D eigenvalue weighted by molar-refractivity contribution is 0.0706. The van der Waals surface area contributed by atoms with Crippen LogP contribution in [0, 0.1) is 0 Å². The molecule has 1 amide bonds. The Balaban J connectivity index is 2.24. The van der Waals surface area contributed by atoms with Crippen molar-refractivity contribution in [3.8, 4) is 0 Å². The van der Waals surface area contributed by atoms with Crippen molar-refractivity contribution in [2.75, 3.05) is 0 Å². The molecular formula is C7H11Cl2NO2. The van der Waals surface area contributed by atoms with Crippen LogP contribution < -0.4 is 0 Å². The predicted molar refractivity (Wildman–Crippen MR) is 46.9 cm³/mol. The van der Waals surface area contributed by atoms with Crippen LogP contribution in [0.15, 0.2) is 0 Å². The zero-order chi connectivity index (χ0) is 8.97. The third-order valence-electron chi connectivity index (χ3n) is 1.96. The summed E-state index contributed by atoms with van der Waals surface area (Å²) < 4.78 is 5.40. The summed E-state index contributed by atoms with van der Waals surface area (Å²) in [5, 5.41) is 0. The van der Waals surface area contributed by atoms with E-state index in [2.05, 4.69) is 0 Å². The number of carbonyl (C=O) groups excluding carboxylic acids is 1. The van der Waals surface area contributed by atoms with Gasteiger partial charge in [-0.15, -0.1) is 3.94 Å². The summed E-state index contributed by atoms with van der Waals surface area (Å²) in [6.07, 6.45) is 4.63. The van der Waals surface area contributed by atoms with Crippen molar-refractivity contribution >= 4 is 29.6 Å². The summed E-state index contributed by atoms with van der Waals surface area (Å²) in [7, 11) is 0. The van der Waals surface area contributed by atoms with Crippen molar-refractivity contribution in [1.29, 1.82) is 0 Å². The van der Waals surface area contributed by atoms with E-state index in [1.165, 1.54) is 6.42 Å². The molecule has 0 aliphatic heterocycles. The number of nitrogens with zero attached hydrogens (tertiary/aromatic N) is 1. The van der Waals surface area contributed by atoms with Crippen LogP contribution in [-0.2, 0) is 4.74 Å². The Labute approximate surface area is 81.8 Å². The minimum Gasteiger partial charge on any atom is -0.444 e. The van der Waals surface area contributed by atoms with Gasteiger partial charge in [-0.05, 0) is 25.7 Å². The molecule has 1 fully saturated rings. The second-order valence-corrected chi connectivity index (χ2v) is 3.73. The van der Waals surface area contributed by atoms with Crippen molar-refractivity contribution in [3.63, 3.8) is 0 Å². The molecule has 0 aromatic rings. The summed E-state index contributed by atoms with van der Waals surface area (Å²) in [5.74, 6) is 0. The molecule has 0 atom stereocenters. The molecule has 12 heavy (non-hydrogen) atoms. The highest BCUT2D eigenvalue weighted by Crippen LogP contribution is 2.21. The molecule has 0 radical (unpaired) electrons. The molecule has 0 aromatic heterocycles. The molecule has 0 aromatic carbocycles. The van der Waals surface area contributed by atoms with Crippen LogP contribution in [0.25, 0.3) is 0 Å². The SMILES string of the molecule is O=C(OC1CCCCC1)N(Cl)Cl. The smallest absolute Gasteiger partial charge is 0.440 e. The second kappa shape index (κ2) is 4.77. The van der Waals surface area contributed by atoms with E-state index in [9.17, 15) is 4.79 Å². The Morgan fingerprint density at radius 2 is 1.83 bits per heavy atom. The van der Waals surface area contributed by atoms with E-state index in [-0.39, 0.29) is 6.10 Å². The molecule has 3 nitrogen and oxygen atoms in total. The molecule has 1 aliphatic carbocycles. The number of rotatable bonds is 1. The normalized spacial score (nSPS) is 18.8. The van der Waals surface area contributed by atoms with Gasteiger partial charge in [0, 0.05) is 23.6 Å². The topological polar surface area (TPSA) is 29.5 Å². The average molecular weight is 212 g/mol. The minimum atomic E-state index is -0.676. The van der Waals surface area contributed by atoms with Crippen LogP contribution in [0.4, 0.5) is 4.79 Å². The first-order valence-corrected chi connectivity index (χ1v) is 4.70. The molecule has 0 heterocycles. The van der Waals surface area contributed by atoms with Crippen molar-refractivity contribution < 1.29 is 9.53 Å². The minimum absolute atomic E-state index is 0.00579. The average Bonchev–Trinajstić information content (AvgIpc) is 2.06. The molecule has 1 rings (SSSR count). The van der Waals surface area contributed by atoms with E-state index < -0.39 is 6.09 Å². The number of hydrogen-bond donors (Lipinski definition) is 0. The molecule has 0 N–H and O–H groups in total. The van der Waals surface area contributed by atoms with Crippen molar-refractivity contribution in [1.82, 2.24) is 3.94 Å². The molecule has 5 heteroatoms. The number of ether oxygens (including phenoxy) is 1. The molecule has 1 saturated carbocycles. The number of carbonyl (C=O) groups is 1. The Bertz CT molecular complexity index is 157. The van der Waals surface area contributed by atoms with Crippen molar-refractivity contribution in [2.45, 2.75) is 38.2 Å². The maximum atomic E-state index is 10.9. The summed E-state index contributed by atoms with van der Waals surface area (Å²) in [6.45, 7) is 0. The van der Waals surface area contributed by atoms with Gasteiger partial charge in [0.2, 0.25) is 0 Å². The molecule has 70 valence electrons. The standard InChI is InChI=1S/C7H11Cl2NO2/c8-10(9)7(11)12-6-4-2-1-3-5-6/h6H,1-5H2. The van der Waals surface area contributed by atoms with Crippen molar-refractivity contribution in [2.24, 2.45) is 0 Å². The van der Waals surface area contributed by atoms with Crippen LogP contribution >= 0.6 is 23.6 Å². The summed E-state index contributed by atoms with van der Waals surface area (Å²) in [6, 6.07) is 0. The van der Waals surface area contributed by atoms with Gasteiger partial charge in [0.1, 0.15) is 6.10 Å². The fourth-order valence-corrected chi connectivity index (χ4v) is 1.45. The van der Waals surface area contributed by atoms with E-state index in [4.69, 9.17) is 28.3 Å². The van der Waals surface area contributed by atoms with Gasteiger partial charge in [-0.3, -0.25) is 0 Å². The lowest BCUT2D eigenvalue weighted by Gasteiger charge is -2.21. The molecule has 0 saturated heterocycles. The number of hydrogen-bond acceptors (Lipinski definition) is 2. The van der Waals surface area contributed by atoms with Crippen LogP contribution in [0.3, 0.4) is 0 Å². The quantitative estimate of drug-likeness (QED) is 0.625. The van der Waals surface area contributed by atoms with E-state index >= 15 is 0 Å².